The summed E-state index contributed by atoms with van der Waals surface area (Å²) in [6, 6.07) is 23.6. The van der Waals surface area contributed by atoms with Crippen molar-refractivity contribution in [2.24, 2.45) is 0 Å². The fourth-order valence-corrected chi connectivity index (χ4v) is 7.33. The average Bonchev–Trinajstić information content (AvgIpc) is 2.96. The number of benzene rings is 5. The molecular formula is C33H33F3O3S. The third-order valence-corrected chi connectivity index (χ3v) is 9.64. The first-order valence-electron chi connectivity index (χ1n) is 14.3. The van der Waals surface area contributed by atoms with Gasteiger partial charge in [0, 0.05) is 0 Å². The van der Waals surface area contributed by atoms with Gasteiger partial charge in [-0.05, 0) is 91.7 Å². The summed E-state index contributed by atoms with van der Waals surface area (Å²) in [7, 11) is -5.84. The number of halogens is 3. The summed E-state index contributed by atoms with van der Waals surface area (Å²) in [5.74, 6) is 1.48. The number of hydrogen-bond acceptors (Lipinski definition) is 2. The lowest BCUT2D eigenvalue weighted by molar-refractivity contribution is -0.0510. The van der Waals surface area contributed by atoms with E-state index in [2.05, 4.69) is 60.7 Å². The van der Waals surface area contributed by atoms with Crippen molar-refractivity contribution >= 4 is 53.2 Å². The molecule has 2 aliphatic carbocycles. The predicted octanol–water partition coefficient (Wildman–Crippen LogP) is 10.2. The van der Waals surface area contributed by atoms with E-state index in [1.807, 2.05) is 0 Å². The van der Waals surface area contributed by atoms with E-state index in [0.717, 1.165) is 11.8 Å². The van der Waals surface area contributed by atoms with E-state index in [1.54, 1.807) is 16.5 Å². The van der Waals surface area contributed by atoms with Crippen molar-refractivity contribution in [2.75, 3.05) is 0 Å². The summed E-state index contributed by atoms with van der Waals surface area (Å²) in [6.45, 7) is 0. The van der Waals surface area contributed by atoms with Crippen LogP contribution in [-0.4, -0.2) is 18.5 Å². The average molecular weight is 567 g/mol. The van der Waals surface area contributed by atoms with Gasteiger partial charge in [-0.3, -0.25) is 4.55 Å². The molecule has 0 atom stereocenters. The fraction of sp³-hybridized carbons (Fsp3) is 0.394. The van der Waals surface area contributed by atoms with Crippen molar-refractivity contribution in [1.82, 2.24) is 0 Å². The van der Waals surface area contributed by atoms with Crippen LogP contribution in [0.25, 0.3) is 43.1 Å². The minimum absolute atomic E-state index is 0.730. The molecule has 0 aliphatic heterocycles. The molecule has 2 fully saturated rings. The number of alkyl halides is 3. The smallest absolute Gasteiger partial charge is 0.279 e. The summed E-state index contributed by atoms with van der Waals surface area (Å²) < 4.78 is 57.5. The summed E-state index contributed by atoms with van der Waals surface area (Å²) in [4.78, 5) is 0. The molecule has 5 aromatic rings. The van der Waals surface area contributed by atoms with Gasteiger partial charge in [0.25, 0.3) is 0 Å². The van der Waals surface area contributed by atoms with Gasteiger partial charge < -0.3 is 0 Å². The maximum Gasteiger partial charge on any atom is 0.522 e. The molecule has 0 bridgehead atoms. The predicted molar refractivity (Wildman–Crippen MR) is 157 cm³/mol. The van der Waals surface area contributed by atoms with E-state index in [1.165, 1.54) is 102 Å². The van der Waals surface area contributed by atoms with Crippen LogP contribution < -0.4 is 0 Å². The van der Waals surface area contributed by atoms with Gasteiger partial charge in [-0.1, -0.05) is 99.2 Å². The molecule has 40 heavy (non-hydrogen) atoms. The maximum atomic E-state index is 10.7. The molecule has 0 radical (unpaired) electrons. The van der Waals surface area contributed by atoms with Crippen LogP contribution in [-0.2, 0) is 10.1 Å². The van der Waals surface area contributed by atoms with Crippen molar-refractivity contribution in [2.45, 2.75) is 81.6 Å². The third-order valence-electron chi connectivity index (χ3n) is 9.06. The van der Waals surface area contributed by atoms with Crippen LogP contribution in [0.4, 0.5) is 13.2 Å². The molecule has 210 valence electrons. The van der Waals surface area contributed by atoms with Gasteiger partial charge in [-0.25, -0.2) is 0 Å². The second-order valence-electron chi connectivity index (χ2n) is 11.5. The molecule has 2 aliphatic rings. The third kappa shape index (κ3) is 4.81. The highest BCUT2D eigenvalue weighted by Crippen LogP contribution is 2.50. The van der Waals surface area contributed by atoms with Crippen molar-refractivity contribution in [3.8, 4) is 0 Å². The molecular weight excluding hydrogens is 533 g/mol. The standard InChI is InChI=1S/C32H32.CHF3O3S/c1-3-10-21(11-4-1)28-20-24-19-18-23-14-9-17-26-25-15-7-8-16-27(25)32(31(24)29(23)26)30(28)22-12-5-2-6-13-22;2-1(3,4)8(5,6)7/h7-9,14-22H,1-6,10-13H2;(H,5,6,7). The van der Waals surface area contributed by atoms with E-state index in [0.29, 0.717) is 0 Å². The Morgan fingerprint density at radius 3 is 1.77 bits per heavy atom. The molecule has 0 spiro atoms. The zero-order valence-electron chi connectivity index (χ0n) is 22.3. The van der Waals surface area contributed by atoms with Gasteiger partial charge >= 0.3 is 15.6 Å². The Kier molecular flexibility index (Phi) is 7.16. The first-order valence-corrected chi connectivity index (χ1v) is 15.7. The molecule has 0 saturated heterocycles. The first-order chi connectivity index (χ1) is 19.1. The Morgan fingerprint density at radius 1 is 0.625 bits per heavy atom. The molecule has 3 nitrogen and oxygen atoms in total. The fourth-order valence-electron chi connectivity index (χ4n) is 7.33. The van der Waals surface area contributed by atoms with E-state index in [4.69, 9.17) is 13.0 Å². The lowest BCUT2D eigenvalue weighted by Crippen LogP contribution is -2.21. The molecule has 1 N–H and O–H groups in total. The van der Waals surface area contributed by atoms with Gasteiger partial charge in [-0.2, -0.15) is 21.6 Å². The molecule has 0 aromatic heterocycles. The molecule has 0 amide bonds. The van der Waals surface area contributed by atoms with E-state index in [9.17, 15) is 13.2 Å². The molecule has 5 aromatic carbocycles. The van der Waals surface area contributed by atoms with Gasteiger partial charge in [0.15, 0.2) is 0 Å². The zero-order valence-corrected chi connectivity index (χ0v) is 23.1. The Labute approximate surface area is 232 Å². The highest BCUT2D eigenvalue weighted by molar-refractivity contribution is 7.86. The minimum Gasteiger partial charge on any atom is -0.279 e. The van der Waals surface area contributed by atoms with Crippen molar-refractivity contribution in [1.29, 1.82) is 0 Å². The summed E-state index contributed by atoms with van der Waals surface area (Å²) in [5.41, 5.74) is -2.07. The van der Waals surface area contributed by atoms with Crippen LogP contribution in [0.1, 0.15) is 87.2 Å². The Hall–Kier alpha value is -2.90. The molecule has 7 heteroatoms. The molecule has 7 rings (SSSR count). The normalized spacial score (nSPS) is 18.0. The second-order valence-corrected chi connectivity index (χ2v) is 12.9. The number of hydrogen-bond donors (Lipinski definition) is 1. The van der Waals surface area contributed by atoms with Crippen LogP contribution >= 0.6 is 0 Å². The first kappa shape index (κ1) is 27.3. The molecule has 2 saturated carbocycles. The van der Waals surface area contributed by atoms with Crippen molar-refractivity contribution < 1.29 is 26.1 Å². The molecule has 0 heterocycles. The summed E-state index contributed by atoms with van der Waals surface area (Å²) in [6.07, 6.45) is 13.9. The Balaban J connectivity index is 0.000000319. The van der Waals surface area contributed by atoms with Crippen LogP contribution in [0.2, 0.25) is 0 Å². The van der Waals surface area contributed by atoms with Gasteiger partial charge in [-0.15, -0.1) is 0 Å². The number of rotatable bonds is 2. The van der Waals surface area contributed by atoms with E-state index >= 15 is 0 Å². The van der Waals surface area contributed by atoms with Gasteiger partial charge in [0.05, 0.1) is 0 Å². The second kappa shape index (κ2) is 10.5. The van der Waals surface area contributed by atoms with Crippen LogP contribution in [0.5, 0.6) is 0 Å². The summed E-state index contributed by atoms with van der Waals surface area (Å²) >= 11 is 0. The minimum atomic E-state index is -5.84. The highest BCUT2D eigenvalue weighted by Gasteiger charge is 2.44. The van der Waals surface area contributed by atoms with Crippen LogP contribution in [0.3, 0.4) is 0 Å². The quantitative estimate of drug-likeness (QED) is 0.100. The largest absolute Gasteiger partial charge is 0.522 e. The highest BCUT2D eigenvalue weighted by atomic mass is 32.2. The SMILES string of the molecule is O=S(=O)(O)C(F)(F)F.c1ccc2c(c1)c1cccc3ccc4cc(C5CCCCC5)c(C5CCCCC5)c2c4c31. The van der Waals surface area contributed by atoms with E-state index < -0.39 is 15.6 Å². The zero-order chi connectivity index (χ0) is 28.1. The van der Waals surface area contributed by atoms with Gasteiger partial charge in [0.2, 0.25) is 0 Å². The van der Waals surface area contributed by atoms with Crippen LogP contribution in [0.15, 0.2) is 60.7 Å². The lowest BCUT2D eigenvalue weighted by Gasteiger charge is -2.32. The Morgan fingerprint density at radius 2 is 1.15 bits per heavy atom. The maximum absolute atomic E-state index is 10.7. The van der Waals surface area contributed by atoms with Crippen molar-refractivity contribution in [3.63, 3.8) is 0 Å². The lowest BCUT2D eigenvalue weighted by atomic mass is 9.72. The van der Waals surface area contributed by atoms with Crippen LogP contribution in [0, 0.1) is 0 Å². The monoisotopic (exact) mass is 566 g/mol. The van der Waals surface area contributed by atoms with Gasteiger partial charge in [0.1, 0.15) is 0 Å². The van der Waals surface area contributed by atoms with Crippen molar-refractivity contribution in [3.05, 3.63) is 71.8 Å². The van der Waals surface area contributed by atoms with E-state index in [-0.39, 0.29) is 0 Å². The Bertz CT molecular complexity index is 1780. The number of fused-ring (bicyclic) bond motifs is 3. The molecule has 0 unspecified atom stereocenters. The summed E-state index contributed by atoms with van der Waals surface area (Å²) in [5, 5.41) is 11.9. The topological polar surface area (TPSA) is 54.4 Å².